The molecule has 1 heterocycles. The number of hydrogen-bond acceptors (Lipinski definition) is 7. The first-order chi connectivity index (χ1) is 11.4. The standard InChI is InChI=1S/C15H16N4O5/c1-9-7-16-18-19(9)8-13(20)17-12-5-10(14(21)23-2)4-11(6-12)15(22)24-3/h4-7H,8H2,1-3H3,(H,17,20). The molecule has 0 aliphatic carbocycles. The first kappa shape index (κ1) is 17.1. The fourth-order valence-corrected chi connectivity index (χ4v) is 1.97. The molecule has 1 aromatic heterocycles. The normalized spacial score (nSPS) is 10.1. The summed E-state index contributed by atoms with van der Waals surface area (Å²) >= 11 is 0. The molecule has 2 rings (SSSR count). The number of hydrogen-bond donors (Lipinski definition) is 1. The third-order valence-corrected chi connectivity index (χ3v) is 3.16. The average Bonchev–Trinajstić information content (AvgIpc) is 2.97. The zero-order valence-electron chi connectivity index (χ0n) is 13.4. The molecule has 0 fully saturated rings. The highest BCUT2D eigenvalue weighted by Gasteiger charge is 2.15. The monoisotopic (exact) mass is 332 g/mol. The maximum Gasteiger partial charge on any atom is 0.337 e. The van der Waals surface area contributed by atoms with Crippen LogP contribution in [-0.4, -0.2) is 47.1 Å². The zero-order chi connectivity index (χ0) is 17.7. The number of ether oxygens (including phenoxy) is 2. The van der Waals surface area contributed by atoms with E-state index in [1.807, 2.05) is 0 Å². The fourth-order valence-electron chi connectivity index (χ4n) is 1.97. The number of anilines is 1. The van der Waals surface area contributed by atoms with Gasteiger partial charge in [-0.05, 0) is 25.1 Å². The van der Waals surface area contributed by atoms with Gasteiger partial charge in [0.1, 0.15) is 6.54 Å². The highest BCUT2D eigenvalue weighted by Crippen LogP contribution is 2.17. The van der Waals surface area contributed by atoms with Crippen LogP contribution in [0, 0.1) is 6.92 Å². The van der Waals surface area contributed by atoms with Crippen LogP contribution in [0.4, 0.5) is 5.69 Å². The average molecular weight is 332 g/mol. The number of nitrogens with zero attached hydrogens (tertiary/aromatic N) is 3. The number of benzene rings is 1. The molecule has 126 valence electrons. The van der Waals surface area contributed by atoms with Crippen LogP contribution < -0.4 is 5.32 Å². The molecule has 0 aliphatic heterocycles. The molecule has 1 aromatic carbocycles. The van der Waals surface area contributed by atoms with E-state index in [1.165, 1.54) is 43.3 Å². The van der Waals surface area contributed by atoms with E-state index in [0.717, 1.165) is 5.69 Å². The van der Waals surface area contributed by atoms with Gasteiger partial charge in [-0.2, -0.15) is 0 Å². The van der Waals surface area contributed by atoms with E-state index in [-0.39, 0.29) is 29.3 Å². The van der Waals surface area contributed by atoms with Crippen LogP contribution in [0.25, 0.3) is 0 Å². The molecule has 2 aromatic rings. The predicted octanol–water partition coefficient (Wildman–Crippen LogP) is 0.798. The van der Waals surface area contributed by atoms with Crippen molar-refractivity contribution >= 4 is 23.5 Å². The lowest BCUT2D eigenvalue weighted by Gasteiger charge is -2.10. The third-order valence-electron chi connectivity index (χ3n) is 3.16. The highest BCUT2D eigenvalue weighted by molar-refractivity contribution is 5.99. The Morgan fingerprint density at radius 3 is 2.12 bits per heavy atom. The first-order valence-corrected chi connectivity index (χ1v) is 6.91. The first-order valence-electron chi connectivity index (χ1n) is 6.91. The van der Waals surface area contributed by atoms with Crippen LogP contribution in [0.2, 0.25) is 0 Å². The van der Waals surface area contributed by atoms with Crippen molar-refractivity contribution in [1.82, 2.24) is 15.0 Å². The molecule has 0 atom stereocenters. The Kier molecular flexibility index (Phi) is 5.25. The van der Waals surface area contributed by atoms with Crippen molar-refractivity contribution in [2.45, 2.75) is 13.5 Å². The van der Waals surface area contributed by atoms with Gasteiger partial charge in [0.25, 0.3) is 0 Å². The van der Waals surface area contributed by atoms with Crippen molar-refractivity contribution in [2.75, 3.05) is 19.5 Å². The van der Waals surface area contributed by atoms with Gasteiger partial charge in [0.2, 0.25) is 5.91 Å². The number of methoxy groups -OCH3 is 2. The Hall–Kier alpha value is -3.23. The van der Waals surface area contributed by atoms with E-state index in [9.17, 15) is 14.4 Å². The number of amides is 1. The quantitative estimate of drug-likeness (QED) is 0.806. The van der Waals surface area contributed by atoms with Crippen LogP contribution in [0.15, 0.2) is 24.4 Å². The molecule has 0 saturated heterocycles. The van der Waals surface area contributed by atoms with Gasteiger partial charge in [0, 0.05) is 5.69 Å². The van der Waals surface area contributed by atoms with Gasteiger partial charge in [-0.1, -0.05) is 5.21 Å². The Balaban J connectivity index is 2.24. The number of carbonyl (C=O) groups excluding carboxylic acids is 3. The second-order valence-electron chi connectivity index (χ2n) is 4.86. The highest BCUT2D eigenvalue weighted by atomic mass is 16.5. The lowest BCUT2D eigenvalue weighted by atomic mass is 10.1. The number of rotatable bonds is 5. The summed E-state index contributed by atoms with van der Waals surface area (Å²) in [6, 6.07) is 4.14. The van der Waals surface area contributed by atoms with Crippen molar-refractivity contribution in [3.05, 3.63) is 41.2 Å². The van der Waals surface area contributed by atoms with Gasteiger partial charge in [-0.3, -0.25) is 4.79 Å². The Bertz CT molecular complexity index is 750. The second-order valence-corrected chi connectivity index (χ2v) is 4.86. The number of carbonyl (C=O) groups is 3. The van der Waals surface area contributed by atoms with Gasteiger partial charge in [0.05, 0.1) is 37.2 Å². The van der Waals surface area contributed by atoms with E-state index in [4.69, 9.17) is 0 Å². The molecule has 0 aliphatic rings. The van der Waals surface area contributed by atoms with Crippen LogP contribution in [0.5, 0.6) is 0 Å². The molecule has 0 unspecified atom stereocenters. The Morgan fingerprint density at radius 2 is 1.67 bits per heavy atom. The molecule has 1 N–H and O–H groups in total. The third kappa shape index (κ3) is 3.94. The summed E-state index contributed by atoms with van der Waals surface area (Å²) in [4.78, 5) is 35.5. The van der Waals surface area contributed by atoms with Crippen molar-refractivity contribution in [3.8, 4) is 0 Å². The number of esters is 2. The summed E-state index contributed by atoms with van der Waals surface area (Å²) in [6.45, 7) is 1.71. The van der Waals surface area contributed by atoms with Crippen LogP contribution in [0.1, 0.15) is 26.4 Å². The fraction of sp³-hybridized carbons (Fsp3) is 0.267. The molecular formula is C15H16N4O5. The zero-order valence-corrected chi connectivity index (χ0v) is 13.4. The van der Waals surface area contributed by atoms with Crippen molar-refractivity contribution in [3.63, 3.8) is 0 Å². The van der Waals surface area contributed by atoms with E-state index < -0.39 is 11.9 Å². The molecule has 0 radical (unpaired) electrons. The van der Waals surface area contributed by atoms with E-state index in [0.29, 0.717) is 0 Å². The van der Waals surface area contributed by atoms with Gasteiger partial charge < -0.3 is 14.8 Å². The summed E-state index contributed by atoms with van der Waals surface area (Å²) in [6.07, 6.45) is 1.53. The van der Waals surface area contributed by atoms with Gasteiger partial charge >= 0.3 is 11.9 Å². The minimum atomic E-state index is -0.636. The topological polar surface area (TPSA) is 112 Å². The molecule has 1 amide bonds. The molecule has 24 heavy (non-hydrogen) atoms. The molecule has 0 bridgehead atoms. The molecule has 9 nitrogen and oxygen atoms in total. The van der Waals surface area contributed by atoms with Crippen LogP contribution >= 0.6 is 0 Å². The summed E-state index contributed by atoms with van der Waals surface area (Å²) in [5, 5.41) is 10.1. The minimum absolute atomic E-state index is 0.0537. The van der Waals surface area contributed by atoms with Crippen molar-refractivity contribution in [2.24, 2.45) is 0 Å². The minimum Gasteiger partial charge on any atom is -0.465 e. The summed E-state index contributed by atoms with van der Waals surface area (Å²) in [7, 11) is 2.44. The van der Waals surface area contributed by atoms with Crippen molar-refractivity contribution < 1.29 is 23.9 Å². The number of aromatic nitrogens is 3. The Labute approximate surface area is 137 Å². The SMILES string of the molecule is COC(=O)c1cc(NC(=O)Cn2nncc2C)cc(C(=O)OC)c1. The van der Waals surface area contributed by atoms with Gasteiger partial charge in [-0.25, -0.2) is 14.3 Å². The number of nitrogens with one attached hydrogen (secondary N) is 1. The lowest BCUT2D eigenvalue weighted by Crippen LogP contribution is -2.21. The summed E-state index contributed by atoms with van der Waals surface area (Å²) in [5.41, 5.74) is 1.23. The lowest BCUT2D eigenvalue weighted by molar-refractivity contribution is -0.117. The van der Waals surface area contributed by atoms with Crippen LogP contribution in [-0.2, 0) is 20.8 Å². The summed E-state index contributed by atoms with van der Waals surface area (Å²) < 4.78 is 10.7. The van der Waals surface area contributed by atoms with Crippen molar-refractivity contribution in [1.29, 1.82) is 0 Å². The number of aryl methyl sites for hydroxylation is 1. The molecule has 0 spiro atoms. The van der Waals surface area contributed by atoms with E-state index in [1.54, 1.807) is 6.92 Å². The molecule has 0 saturated carbocycles. The smallest absolute Gasteiger partial charge is 0.337 e. The summed E-state index contributed by atoms with van der Waals surface area (Å²) in [5.74, 6) is -1.66. The largest absolute Gasteiger partial charge is 0.465 e. The maximum absolute atomic E-state index is 12.1. The maximum atomic E-state index is 12.1. The van der Waals surface area contributed by atoms with E-state index in [2.05, 4.69) is 25.1 Å². The Morgan fingerprint density at radius 1 is 1.08 bits per heavy atom. The van der Waals surface area contributed by atoms with Gasteiger partial charge in [0.15, 0.2) is 0 Å². The van der Waals surface area contributed by atoms with Gasteiger partial charge in [-0.15, -0.1) is 5.10 Å². The second kappa shape index (κ2) is 7.36. The van der Waals surface area contributed by atoms with Crippen LogP contribution in [0.3, 0.4) is 0 Å². The van der Waals surface area contributed by atoms with E-state index >= 15 is 0 Å². The predicted molar refractivity (Wildman–Crippen MR) is 82.5 cm³/mol. The molecule has 9 heteroatoms. The molecular weight excluding hydrogens is 316 g/mol.